The van der Waals surface area contributed by atoms with E-state index >= 15 is 0 Å². The Kier molecular flexibility index (Phi) is 11.8. The van der Waals surface area contributed by atoms with Gasteiger partial charge in [0, 0.05) is 0 Å². The fourth-order valence-electron chi connectivity index (χ4n) is 4.15. The average molecular weight is 607 g/mol. The topological polar surface area (TPSA) is 24.1 Å². The second kappa shape index (κ2) is 15.8. The molecule has 0 heterocycles. The van der Waals surface area contributed by atoms with E-state index in [0.717, 1.165) is 25.9 Å². The van der Waals surface area contributed by atoms with Crippen LogP contribution in [0.3, 0.4) is 0 Å². The van der Waals surface area contributed by atoms with E-state index in [0.29, 0.717) is 38.3 Å². The summed E-state index contributed by atoms with van der Waals surface area (Å²) >= 11 is 1.33. The van der Waals surface area contributed by atoms with Crippen LogP contribution in [0.25, 0.3) is 0 Å². The molecule has 0 aliphatic carbocycles. The minimum atomic E-state index is 0.527. The Labute approximate surface area is 228 Å². The molecule has 0 spiro atoms. The Morgan fingerprint density at radius 3 is 1.06 bits per heavy atom. The molecule has 0 aliphatic rings. The molecule has 4 aromatic carbocycles. The number of hydrogen-bond donors (Lipinski definition) is 2. The van der Waals surface area contributed by atoms with Crippen LogP contribution in [-0.4, -0.2) is 38.3 Å². The van der Waals surface area contributed by atoms with Crippen LogP contribution >= 0.6 is 0 Å². The summed E-state index contributed by atoms with van der Waals surface area (Å²) in [6.45, 7) is 1.88. The van der Waals surface area contributed by atoms with Crippen LogP contribution in [0.4, 0.5) is 0 Å². The second-order valence-electron chi connectivity index (χ2n) is 9.08. The van der Waals surface area contributed by atoms with Gasteiger partial charge in [0.2, 0.25) is 0 Å². The number of benzene rings is 4. The second-order valence-corrected chi connectivity index (χ2v) is 16.6. The van der Waals surface area contributed by atoms with Crippen LogP contribution in [-0.2, 0) is 25.9 Å². The first-order valence-electron chi connectivity index (χ1n) is 12.7. The van der Waals surface area contributed by atoms with Crippen molar-refractivity contribution in [1.29, 1.82) is 0 Å². The molecule has 4 aromatic rings. The molecular formula is C32H36N2Se2. The molecule has 2 nitrogen and oxygen atoms in total. The van der Waals surface area contributed by atoms with Gasteiger partial charge in [0.25, 0.3) is 0 Å². The molecule has 0 bridgehead atoms. The van der Waals surface area contributed by atoms with Gasteiger partial charge in [0.05, 0.1) is 0 Å². The number of nitrogens with one attached hydrogen (secondary N) is 2. The van der Waals surface area contributed by atoms with Crippen LogP contribution in [0.1, 0.15) is 22.3 Å². The van der Waals surface area contributed by atoms with E-state index in [-0.39, 0.29) is 0 Å². The predicted octanol–water partition coefficient (Wildman–Crippen LogP) is 5.95. The molecule has 0 amide bonds. The van der Waals surface area contributed by atoms with Crippen molar-refractivity contribution >= 4 is 26.3 Å². The molecule has 2 atom stereocenters. The maximum atomic E-state index is 3.87. The van der Waals surface area contributed by atoms with Crippen molar-refractivity contribution in [2.45, 2.75) is 48.7 Å². The SMILES string of the molecule is c1ccc(CN[C@H](C[Se][Se]C[C@H](Cc2ccccc2)NCc2ccccc2)Cc2ccccc2)cc1. The standard InChI is InChI=1S/C32H36N2Se2/c1-5-13-27(14-6-1)21-31(33-23-29-17-9-3-10-18-29)25-35-36-26-32(22-28-15-7-2-8-16-28)34-24-30-19-11-4-12-20-30/h1-20,31-34H,21-26H2/t31-,32-/m0/s1. The zero-order chi connectivity index (χ0) is 24.7. The number of hydrogen-bond acceptors (Lipinski definition) is 2. The van der Waals surface area contributed by atoms with E-state index in [1.807, 2.05) is 0 Å². The van der Waals surface area contributed by atoms with Gasteiger partial charge in [-0.2, -0.15) is 0 Å². The van der Waals surface area contributed by atoms with Crippen molar-refractivity contribution in [3.05, 3.63) is 144 Å². The van der Waals surface area contributed by atoms with Crippen molar-refractivity contribution < 1.29 is 0 Å². The van der Waals surface area contributed by atoms with Crippen LogP contribution in [0.5, 0.6) is 0 Å². The predicted molar refractivity (Wildman–Crippen MR) is 156 cm³/mol. The molecule has 36 heavy (non-hydrogen) atoms. The molecule has 0 unspecified atom stereocenters. The van der Waals surface area contributed by atoms with Crippen LogP contribution in [0.15, 0.2) is 121 Å². The van der Waals surface area contributed by atoms with E-state index in [2.05, 4.69) is 132 Å². The average Bonchev–Trinajstić information content (AvgIpc) is 2.94. The summed E-state index contributed by atoms with van der Waals surface area (Å²) in [7, 11) is 0. The first-order valence-corrected chi connectivity index (χ1v) is 19.5. The van der Waals surface area contributed by atoms with Crippen LogP contribution < -0.4 is 10.6 Å². The van der Waals surface area contributed by atoms with Gasteiger partial charge >= 0.3 is 229 Å². The molecule has 0 saturated heterocycles. The third kappa shape index (κ3) is 10.1. The zero-order valence-electron chi connectivity index (χ0n) is 20.8. The monoisotopic (exact) mass is 608 g/mol. The van der Waals surface area contributed by atoms with E-state index in [1.165, 1.54) is 32.9 Å². The van der Waals surface area contributed by atoms with E-state index < -0.39 is 0 Å². The van der Waals surface area contributed by atoms with Gasteiger partial charge in [-0.05, 0) is 0 Å². The summed E-state index contributed by atoms with van der Waals surface area (Å²) in [4.78, 5) is 0. The molecular weight excluding hydrogens is 570 g/mol. The molecule has 0 fully saturated rings. The summed E-state index contributed by atoms with van der Waals surface area (Å²) in [6.07, 6.45) is 2.20. The Hall–Kier alpha value is -2.16. The molecule has 4 rings (SSSR count). The Morgan fingerprint density at radius 2 is 0.722 bits per heavy atom. The Bertz CT molecular complexity index is 1000. The van der Waals surface area contributed by atoms with Crippen molar-refractivity contribution in [3.63, 3.8) is 0 Å². The summed E-state index contributed by atoms with van der Waals surface area (Å²) < 4.78 is 0. The van der Waals surface area contributed by atoms with Gasteiger partial charge in [-0.3, -0.25) is 0 Å². The van der Waals surface area contributed by atoms with Gasteiger partial charge in [-0.25, -0.2) is 0 Å². The first kappa shape index (κ1) is 26.9. The molecule has 2 N–H and O–H groups in total. The van der Waals surface area contributed by atoms with Gasteiger partial charge in [0.15, 0.2) is 0 Å². The van der Waals surface area contributed by atoms with E-state index in [1.54, 1.807) is 0 Å². The summed E-state index contributed by atoms with van der Waals surface area (Å²) in [5.41, 5.74) is 5.58. The zero-order valence-corrected chi connectivity index (χ0v) is 24.2. The van der Waals surface area contributed by atoms with Crippen molar-refractivity contribution in [1.82, 2.24) is 10.6 Å². The molecule has 0 aromatic heterocycles. The van der Waals surface area contributed by atoms with Crippen molar-refractivity contribution in [3.8, 4) is 0 Å². The summed E-state index contributed by atoms with van der Waals surface area (Å²) in [6, 6.07) is 44.5. The molecule has 4 heteroatoms. The Balaban J connectivity index is 1.30. The first-order chi connectivity index (χ1) is 17.8. The van der Waals surface area contributed by atoms with E-state index in [4.69, 9.17) is 0 Å². The third-order valence-electron chi connectivity index (χ3n) is 6.15. The molecule has 0 radical (unpaired) electrons. The summed E-state index contributed by atoms with van der Waals surface area (Å²) in [5, 5.41) is 10.3. The molecule has 0 aliphatic heterocycles. The van der Waals surface area contributed by atoms with Gasteiger partial charge in [-0.1, -0.05) is 0 Å². The van der Waals surface area contributed by atoms with Crippen LogP contribution in [0, 0.1) is 0 Å². The van der Waals surface area contributed by atoms with Gasteiger partial charge < -0.3 is 0 Å². The molecule has 0 saturated carbocycles. The number of rotatable bonds is 15. The fourth-order valence-corrected chi connectivity index (χ4v) is 11.9. The van der Waals surface area contributed by atoms with Crippen LogP contribution in [0.2, 0.25) is 10.6 Å². The Morgan fingerprint density at radius 1 is 0.417 bits per heavy atom. The quantitative estimate of drug-likeness (QED) is 0.129. The third-order valence-corrected chi connectivity index (χ3v) is 13.5. The summed E-state index contributed by atoms with van der Waals surface area (Å²) in [5.74, 6) is 0. The minimum absolute atomic E-state index is 0.527. The normalized spacial score (nSPS) is 12.8. The maximum absolute atomic E-state index is 3.87. The fraction of sp³-hybridized carbons (Fsp3) is 0.250. The molecule has 186 valence electrons. The van der Waals surface area contributed by atoms with E-state index in [9.17, 15) is 0 Å². The van der Waals surface area contributed by atoms with Gasteiger partial charge in [0.1, 0.15) is 0 Å². The van der Waals surface area contributed by atoms with Crippen molar-refractivity contribution in [2.75, 3.05) is 0 Å². The van der Waals surface area contributed by atoms with Crippen molar-refractivity contribution in [2.24, 2.45) is 0 Å². The van der Waals surface area contributed by atoms with Gasteiger partial charge in [-0.15, -0.1) is 0 Å².